The lowest BCUT2D eigenvalue weighted by Crippen LogP contribution is -2.15. The maximum atomic E-state index is 6.30. The maximum Gasteiger partial charge on any atom is 0.332 e. The zero-order valence-electron chi connectivity index (χ0n) is 12.7. The molecule has 1 heteroatoms. The van der Waals surface area contributed by atoms with Crippen molar-refractivity contribution in [3.05, 3.63) is 64.1 Å². The SMILES string of the molecule is c1ccc(Cc2c3c([o+]c4c2CCCC4)CCCC3)cc1. The highest BCUT2D eigenvalue weighted by molar-refractivity contribution is 5.43. The first-order valence-electron chi connectivity index (χ1n) is 8.44. The molecule has 0 spiro atoms. The van der Waals surface area contributed by atoms with Gasteiger partial charge in [0.25, 0.3) is 0 Å². The van der Waals surface area contributed by atoms with Crippen LogP contribution in [0.5, 0.6) is 0 Å². The van der Waals surface area contributed by atoms with Crippen LogP contribution in [-0.4, -0.2) is 0 Å². The summed E-state index contributed by atoms with van der Waals surface area (Å²) in [6.07, 6.45) is 11.0. The van der Waals surface area contributed by atoms with Crippen LogP contribution in [0, 0.1) is 0 Å². The van der Waals surface area contributed by atoms with Gasteiger partial charge in [0, 0.05) is 0 Å². The van der Waals surface area contributed by atoms with E-state index in [1.165, 1.54) is 55.6 Å². The molecule has 1 aromatic carbocycles. The molecule has 4 rings (SSSR count). The summed E-state index contributed by atoms with van der Waals surface area (Å²) in [6.45, 7) is 0. The van der Waals surface area contributed by atoms with E-state index in [9.17, 15) is 0 Å². The molecule has 1 nitrogen and oxygen atoms in total. The van der Waals surface area contributed by atoms with Gasteiger partial charge in [-0.05, 0) is 56.1 Å². The summed E-state index contributed by atoms with van der Waals surface area (Å²) in [6, 6.07) is 10.9. The van der Waals surface area contributed by atoms with E-state index in [2.05, 4.69) is 30.3 Å². The van der Waals surface area contributed by atoms with E-state index in [0.29, 0.717) is 0 Å². The molecule has 0 fully saturated rings. The zero-order chi connectivity index (χ0) is 14.1. The van der Waals surface area contributed by atoms with Gasteiger partial charge in [-0.1, -0.05) is 30.3 Å². The molecule has 1 aromatic heterocycles. The van der Waals surface area contributed by atoms with Crippen LogP contribution in [0.1, 0.15) is 59.5 Å². The van der Waals surface area contributed by atoms with Crippen LogP contribution in [0.15, 0.2) is 34.7 Å². The van der Waals surface area contributed by atoms with Crippen LogP contribution in [0.4, 0.5) is 0 Å². The molecule has 108 valence electrons. The van der Waals surface area contributed by atoms with Crippen molar-refractivity contribution in [2.45, 2.75) is 57.8 Å². The Kier molecular flexibility index (Phi) is 3.50. The van der Waals surface area contributed by atoms with Crippen LogP contribution in [0.3, 0.4) is 0 Å². The van der Waals surface area contributed by atoms with E-state index < -0.39 is 0 Å². The van der Waals surface area contributed by atoms with Gasteiger partial charge in [0.05, 0.1) is 24.0 Å². The summed E-state index contributed by atoms with van der Waals surface area (Å²) in [5.41, 5.74) is 6.14. The molecule has 2 aliphatic rings. The first-order valence-corrected chi connectivity index (χ1v) is 8.44. The monoisotopic (exact) mass is 279 g/mol. The summed E-state index contributed by atoms with van der Waals surface area (Å²) in [5, 5.41) is 0. The zero-order valence-corrected chi connectivity index (χ0v) is 12.7. The third-order valence-corrected chi connectivity index (χ3v) is 5.03. The topological polar surface area (TPSA) is 11.3 Å². The van der Waals surface area contributed by atoms with Crippen LogP contribution in [-0.2, 0) is 32.1 Å². The standard InChI is InChI=1S/C20H23O/c1-2-8-15(9-3-1)14-18-16-10-4-6-12-19(16)21-20-13-7-5-11-17(18)20/h1-3,8-9H,4-7,10-14H2/q+1. The molecule has 0 aliphatic heterocycles. The minimum atomic E-state index is 1.09. The van der Waals surface area contributed by atoms with Crippen LogP contribution in [0.25, 0.3) is 0 Å². The van der Waals surface area contributed by atoms with Gasteiger partial charge >= 0.3 is 11.5 Å². The number of fused-ring (bicyclic) bond motifs is 2. The van der Waals surface area contributed by atoms with Gasteiger partial charge in [-0.3, -0.25) is 0 Å². The van der Waals surface area contributed by atoms with Crippen molar-refractivity contribution >= 4 is 0 Å². The van der Waals surface area contributed by atoms with E-state index in [-0.39, 0.29) is 0 Å². The molecular formula is C20H23O+. The highest BCUT2D eigenvalue weighted by Crippen LogP contribution is 2.34. The normalized spacial score (nSPS) is 17.1. The molecule has 2 aliphatic carbocycles. The predicted octanol–water partition coefficient (Wildman–Crippen LogP) is 4.91. The van der Waals surface area contributed by atoms with Gasteiger partial charge in [-0.15, -0.1) is 0 Å². The van der Waals surface area contributed by atoms with E-state index >= 15 is 0 Å². The first kappa shape index (κ1) is 13.1. The molecule has 0 saturated carbocycles. The second-order valence-corrected chi connectivity index (χ2v) is 6.46. The fourth-order valence-corrected chi connectivity index (χ4v) is 3.96. The molecule has 0 amide bonds. The van der Waals surface area contributed by atoms with Crippen molar-refractivity contribution in [2.24, 2.45) is 0 Å². The summed E-state index contributed by atoms with van der Waals surface area (Å²) < 4.78 is 6.30. The number of rotatable bonds is 2. The largest absolute Gasteiger partial charge is 0.332 e. The average Bonchev–Trinajstić information content (AvgIpc) is 2.55. The van der Waals surface area contributed by atoms with E-state index in [0.717, 1.165) is 19.3 Å². The van der Waals surface area contributed by atoms with Crippen molar-refractivity contribution in [3.63, 3.8) is 0 Å². The Hall–Kier alpha value is -1.63. The lowest BCUT2D eigenvalue weighted by molar-refractivity contribution is 0.393. The molecule has 1 heterocycles. The van der Waals surface area contributed by atoms with E-state index in [1.807, 2.05) is 0 Å². The van der Waals surface area contributed by atoms with Crippen molar-refractivity contribution in [3.8, 4) is 0 Å². The summed E-state index contributed by atoms with van der Waals surface area (Å²) in [4.78, 5) is 0. The Morgan fingerprint density at radius 3 is 1.90 bits per heavy atom. The van der Waals surface area contributed by atoms with Gasteiger partial charge in [-0.2, -0.15) is 0 Å². The Balaban J connectivity index is 1.82. The summed E-state index contributed by atoms with van der Waals surface area (Å²) in [5.74, 6) is 2.60. The van der Waals surface area contributed by atoms with Crippen molar-refractivity contribution < 1.29 is 4.42 Å². The predicted molar refractivity (Wildman–Crippen MR) is 85.6 cm³/mol. The second kappa shape index (κ2) is 5.63. The molecule has 21 heavy (non-hydrogen) atoms. The Morgan fingerprint density at radius 1 is 0.714 bits per heavy atom. The molecule has 0 unspecified atom stereocenters. The smallest absolute Gasteiger partial charge is 0.217 e. The van der Waals surface area contributed by atoms with Gasteiger partial charge in [0.1, 0.15) is 0 Å². The van der Waals surface area contributed by atoms with Crippen molar-refractivity contribution in [1.82, 2.24) is 0 Å². The second-order valence-electron chi connectivity index (χ2n) is 6.46. The Bertz CT molecular complexity index is 608. The summed E-state index contributed by atoms with van der Waals surface area (Å²) >= 11 is 0. The van der Waals surface area contributed by atoms with Crippen LogP contribution in [0.2, 0.25) is 0 Å². The molecule has 0 bridgehead atoms. The van der Waals surface area contributed by atoms with E-state index in [1.54, 1.807) is 16.7 Å². The highest BCUT2D eigenvalue weighted by Gasteiger charge is 2.32. The Morgan fingerprint density at radius 2 is 1.29 bits per heavy atom. The lowest BCUT2D eigenvalue weighted by atomic mass is 9.83. The minimum absolute atomic E-state index is 1.09. The third kappa shape index (κ3) is 2.50. The molecule has 0 N–H and O–H groups in total. The molecule has 2 aromatic rings. The number of hydrogen-bond donors (Lipinski definition) is 0. The molecular weight excluding hydrogens is 256 g/mol. The number of benzene rings is 1. The fraction of sp³-hybridized carbons (Fsp3) is 0.450. The first-order chi connectivity index (χ1) is 10.4. The van der Waals surface area contributed by atoms with Crippen molar-refractivity contribution in [2.75, 3.05) is 0 Å². The quantitative estimate of drug-likeness (QED) is 0.711. The van der Waals surface area contributed by atoms with Crippen molar-refractivity contribution in [1.29, 1.82) is 0 Å². The average molecular weight is 279 g/mol. The Labute approximate surface area is 127 Å². The number of aryl methyl sites for hydroxylation is 2. The van der Waals surface area contributed by atoms with Gasteiger partial charge in [-0.25, -0.2) is 4.42 Å². The highest BCUT2D eigenvalue weighted by atomic mass is 16.3. The van der Waals surface area contributed by atoms with Gasteiger partial charge < -0.3 is 0 Å². The molecule has 0 radical (unpaired) electrons. The van der Waals surface area contributed by atoms with Gasteiger partial charge in [0.2, 0.25) is 0 Å². The summed E-state index contributed by atoms with van der Waals surface area (Å²) in [7, 11) is 0. The molecule has 0 atom stereocenters. The maximum absolute atomic E-state index is 6.30. The van der Waals surface area contributed by atoms with Crippen LogP contribution >= 0.6 is 0 Å². The minimum Gasteiger partial charge on any atom is -0.217 e. The number of hydrogen-bond acceptors (Lipinski definition) is 0. The molecule has 0 saturated heterocycles. The van der Waals surface area contributed by atoms with E-state index in [4.69, 9.17) is 4.42 Å². The van der Waals surface area contributed by atoms with Crippen LogP contribution < -0.4 is 0 Å². The van der Waals surface area contributed by atoms with Gasteiger partial charge in [0.15, 0.2) is 0 Å². The lowest BCUT2D eigenvalue weighted by Gasteiger charge is -2.19. The third-order valence-electron chi connectivity index (χ3n) is 5.03. The fourth-order valence-electron chi connectivity index (χ4n) is 3.96.